The molecular weight excluding hydrogens is 771 g/mol. The third kappa shape index (κ3) is 4.83. The van der Waals surface area contributed by atoms with Crippen molar-refractivity contribution in [2.24, 2.45) is 0 Å². The molecule has 3 amide bonds. The zero-order valence-electron chi connectivity index (χ0n) is 18.0. The number of carbonyl (C=O) groups is 4. The SMILES string of the molecule is Cc1ccc(C(=O)CN(C(=O)c2ccc(Cl)c(Cl)c2)N2C(=O)c3c(Br)c(Br)c(Br)c(Br)c3C2=O)cc1. The molecule has 184 valence electrons. The molecule has 3 aromatic carbocycles. The van der Waals surface area contributed by atoms with Gasteiger partial charge in [0.2, 0.25) is 0 Å². The van der Waals surface area contributed by atoms with E-state index in [0.29, 0.717) is 28.5 Å². The molecule has 0 radical (unpaired) electrons. The first-order valence-corrected chi connectivity index (χ1v) is 14.0. The second-order valence-corrected chi connectivity index (χ2v) is 11.7. The molecule has 1 heterocycles. The van der Waals surface area contributed by atoms with Gasteiger partial charge in [0, 0.05) is 29.0 Å². The van der Waals surface area contributed by atoms with E-state index >= 15 is 0 Å². The van der Waals surface area contributed by atoms with E-state index < -0.39 is 30.0 Å². The molecule has 0 N–H and O–H groups in total. The van der Waals surface area contributed by atoms with Crippen molar-refractivity contribution < 1.29 is 19.2 Å². The van der Waals surface area contributed by atoms with E-state index in [2.05, 4.69) is 63.7 Å². The van der Waals surface area contributed by atoms with Gasteiger partial charge in [-0.05, 0) is 88.8 Å². The van der Waals surface area contributed by atoms with E-state index in [0.717, 1.165) is 10.6 Å². The van der Waals surface area contributed by atoms with Gasteiger partial charge in [0.1, 0.15) is 6.54 Å². The average molecular weight is 783 g/mol. The highest BCUT2D eigenvalue weighted by molar-refractivity contribution is 9.15. The van der Waals surface area contributed by atoms with Gasteiger partial charge in [0.15, 0.2) is 5.78 Å². The number of fused-ring (bicyclic) bond motifs is 1. The summed E-state index contributed by atoms with van der Waals surface area (Å²) in [5.41, 5.74) is 1.38. The molecule has 4 rings (SSSR count). The van der Waals surface area contributed by atoms with Crippen LogP contribution in [0, 0.1) is 6.92 Å². The van der Waals surface area contributed by atoms with Gasteiger partial charge in [0.25, 0.3) is 17.7 Å². The van der Waals surface area contributed by atoms with Gasteiger partial charge < -0.3 is 0 Å². The number of hydrogen-bond donors (Lipinski definition) is 0. The van der Waals surface area contributed by atoms with Gasteiger partial charge in [-0.25, -0.2) is 5.01 Å². The van der Waals surface area contributed by atoms with Gasteiger partial charge in [-0.3, -0.25) is 19.2 Å². The van der Waals surface area contributed by atoms with Gasteiger partial charge in [-0.15, -0.1) is 0 Å². The summed E-state index contributed by atoms with van der Waals surface area (Å²) in [4.78, 5) is 54.0. The first kappa shape index (κ1) is 27.5. The number of nitrogens with zero attached hydrogens (tertiary/aromatic N) is 2. The predicted octanol–water partition coefficient (Wildman–Crippen LogP) is 7.89. The maximum atomic E-state index is 13.6. The quantitative estimate of drug-likeness (QED) is 0.114. The summed E-state index contributed by atoms with van der Waals surface area (Å²) >= 11 is 25.6. The van der Waals surface area contributed by atoms with Crippen LogP contribution < -0.4 is 0 Å². The van der Waals surface area contributed by atoms with E-state index in [1.54, 1.807) is 24.3 Å². The van der Waals surface area contributed by atoms with E-state index in [1.807, 2.05) is 6.92 Å². The minimum Gasteiger partial charge on any atom is -0.292 e. The summed E-state index contributed by atoms with van der Waals surface area (Å²) < 4.78 is 1.63. The molecule has 0 spiro atoms. The summed E-state index contributed by atoms with van der Waals surface area (Å²) in [6.07, 6.45) is 0. The van der Waals surface area contributed by atoms with Crippen molar-refractivity contribution in [2.45, 2.75) is 6.92 Å². The summed E-state index contributed by atoms with van der Waals surface area (Å²) in [5.74, 6) is -2.81. The fraction of sp³-hybridized carbons (Fsp3) is 0.0833. The summed E-state index contributed by atoms with van der Waals surface area (Å²) in [5, 5.41) is 1.83. The van der Waals surface area contributed by atoms with Crippen LogP contribution >= 0.6 is 86.9 Å². The Labute approximate surface area is 249 Å². The smallest absolute Gasteiger partial charge is 0.282 e. The van der Waals surface area contributed by atoms with Crippen LogP contribution in [0.15, 0.2) is 60.4 Å². The lowest BCUT2D eigenvalue weighted by Gasteiger charge is -2.29. The first-order chi connectivity index (χ1) is 16.9. The second-order valence-electron chi connectivity index (χ2n) is 7.71. The number of amides is 3. The molecule has 0 saturated carbocycles. The van der Waals surface area contributed by atoms with Crippen LogP contribution in [0.25, 0.3) is 0 Å². The minimum absolute atomic E-state index is 0.0386. The summed E-state index contributed by atoms with van der Waals surface area (Å²) in [6, 6.07) is 10.9. The topological polar surface area (TPSA) is 74.8 Å². The monoisotopic (exact) mass is 778 g/mol. The maximum absolute atomic E-state index is 13.6. The first-order valence-electron chi connectivity index (χ1n) is 10.1. The Morgan fingerprint density at radius 3 is 1.78 bits per heavy atom. The Balaban J connectivity index is 1.83. The number of aryl methyl sites for hydroxylation is 1. The molecule has 12 heteroatoms. The zero-order valence-corrected chi connectivity index (χ0v) is 25.9. The molecule has 36 heavy (non-hydrogen) atoms. The average Bonchev–Trinajstić information content (AvgIpc) is 3.11. The molecule has 3 aromatic rings. The molecule has 0 aliphatic carbocycles. The molecule has 0 unspecified atom stereocenters. The Hall–Kier alpha value is -1.56. The number of imide groups is 1. The van der Waals surface area contributed by atoms with Gasteiger partial charge >= 0.3 is 0 Å². The lowest BCUT2D eigenvalue weighted by Crippen LogP contribution is -2.51. The van der Waals surface area contributed by atoms with Crippen LogP contribution in [0.3, 0.4) is 0 Å². The Bertz CT molecular complexity index is 1430. The number of rotatable bonds is 5. The molecule has 0 aromatic heterocycles. The third-order valence-electron chi connectivity index (χ3n) is 5.39. The minimum atomic E-state index is -0.783. The van der Waals surface area contributed by atoms with Crippen LogP contribution in [0.1, 0.15) is 47.0 Å². The highest BCUT2D eigenvalue weighted by atomic mass is 79.9. The fourth-order valence-electron chi connectivity index (χ4n) is 3.53. The summed E-state index contributed by atoms with van der Waals surface area (Å²) in [6.45, 7) is 1.30. The lowest BCUT2D eigenvalue weighted by atomic mass is 10.1. The van der Waals surface area contributed by atoms with Gasteiger partial charge in [-0.1, -0.05) is 53.0 Å². The van der Waals surface area contributed by atoms with E-state index in [9.17, 15) is 19.2 Å². The number of hydrazine groups is 1. The molecule has 1 aliphatic heterocycles. The molecular formula is C24H12Br4Cl2N2O4. The second kappa shape index (κ2) is 10.7. The van der Waals surface area contributed by atoms with E-state index in [4.69, 9.17) is 23.2 Å². The Morgan fingerprint density at radius 1 is 0.778 bits per heavy atom. The van der Waals surface area contributed by atoms with Crippen molar-refractivity contribution in [3.05, 3.63) is 98.2 Å². The fourth-order valence-corrected chi connectivity index (χ4v) is 6.29. The van der Waals surface area contributed by atoms with E-state index in [1.165, 1.54) is 18.2 Å². The van der Waals surface area contributed by atoms with Crippen molar-refractivity contribution in [3.63, 3.8) is 0 Å². The third-order valence-corrected chi connectivity index (χ3v) is 10.9. The van der Waals surface area contributed by atoms with Gasteiger partial charge in [-0.2, -0.15) is 5.01 Å². The molecule has 0 saturated heterocycles. The van der Waals surface area contributed by atoms with Crippen molar-refractivity contribution in [2.75, 3.05) is 6.54 Å². The van der Waals surface area contributed by atoms with Crippen LogP contribution in [0.4, 0.5) is 0 Å². The number of benzene rings is 3. The molecule has 6 nitrogen and oxygen atoms in total. The highest BCUT2D eigenvalue weighted by Gasteiger charge is 2.46. The van der Waals surface area contributed by atoms with Crippen molar-refractivity contribution in [3.8, 4) is 0 Å². The maximum Gasteiger partial charge on any atom is 0.282 e. The number of hydrogen-bond acceptors (Lipinski definition) is 4. The van der Waals surface area contributed by atoms with Crippen LogP contribution in [0.2, 0.25) is 10.0 Å². The number of ketones is 1. The summed E-state index contributed by atoms with van der Waals surface area (Å²) in [7, 11) is 0. The molecule has 0 bridgehead atoms. The number of halogens is 6. The normalized spacial score (nSPS) is 12.7. The van der Waals surface area contributed by atoms with Crippen molar-refractivity contribution in [1.29, 1.82) is 0 Å². The van der Waals surface area contributed by atoms with Crippen LogP contribution in [-0.2, 0) is 0 Å². The van der Waals surface area contributed by atoms with Gasteiger partial charge in [0.05, 0.1) is 21.2 Å². The van der Waals surface area contributed by atoms with Crippen molar-refractivity contribution in [1.82, 2.24) is 10.0 Å². The van der Waals surface area contributed by atoms with Crippen LogP contribution in [0.5, 0.6) is 0 Å². The largest absolute Gasteiger partial charge is 0.292 e. The number of carbonyl (C=O) groups excluding carboxylic acids is 4. The predicted molar refractivity (Wildman–Crippen MR) is 151 cm³/mol. The number of Topliss-reactive ketones (excluding diaryl/α,β-unsaturated/α-hetero) is 1. The highest BCUT2D eigenvalue weighted by Crippen LogP contribution is 2.45. The Kier molecular flexibility index (Phi) is 8.14. The Morgan fingerprint density at radius 2 is 1.28 bits per heavy atom. The molecule has 1 aliphatic rings. The molecule has 0 atom stereocenters. The van der Waals surface area contributed by atoms with Crippen molar-refractivity contribution >= 4 is 110 Å². The zero-order chi connectivity index (χ0) is 26.5. The standard InChI is InChI=1S/C24H12Br4Cl2N2O4/c1-10-2-4-11(5-3-10)15(33)9-31(22(34)12-6-7-13(29)14(30)8-12)32-23(35)16-17(24(32)36)19(26)21(28)20(27)18(16)25/h2-8H,9H2,1H3. The lowest BCUT2D eigenvalue weighted by molar-refractivity contribution is 0.00527. The molecule has 0 fully saturated rings. The van der Waals surface area contributed by atoms with E-state index in [-0.39, 0.29) is 26.7 Å². The van der Waals surface area contributed by atoms with Crippen LogP contribution in [-0.4, -0.2) is 40.1 Å².